The maximum atomic E-state index is 13.6. The average Bonchev–Trinajstić information content (AvgIpc) is 3.16. The van der Waals surface area contributed by atoms with Crippen LogP contribution in [0.1, 0.15) is 182 Å². The highest BCUT2D eigenvalue weighted by atomic mass is 16.6. The molecule has 0 radical (unpaired) electrons. The van der Waals surface area contributed by atoms with Crippen LogP contribution < -0.4 is 31.9 Å². The molecule has 5 atom stereocenters. The highest BCUT2D eigenvalue weighted by Gasteiger charge is 2.35. The van der Waals surface area contributed by atoms with Gasteiger partial charge in [-0.15, -0.1) is 0 Å². The number of hydrogen-bond acceptors (Lipinski definition) is 17. The maximum Gasteiger partial charge on any atom is 0.408 e. The molecule has 0 saturated heterocycles. The maximum absolute atomic E-state index is 13.6. The number of hydrogen-bond donors (Lipinski definition) is 6. The van der Waals surface area contributed by atoms with Crippen molar-refractivity contribution in [2.24, 2.45) is 0 Å². The standard InChI is InChI=1S/C50H86N6O17/c1-45(2,3)68-38(61)27-23-31(42(65)71-48(10,11)12)54-35(58)25-21-29(40(63)69-46(4,5)6)52-34(57)24-20-30(41(64)70-47(7,8)9)53-36(59)26-22-32(43(66)72-49(13,14)15)55-39(62)33(28-37(60)51-19)56-44(67)73-50(16,17)18/h29-33H,20-28H2,1-19H3,(H,51,60)(H,52,57)(H,53,59)(H,54,58)(H,55,62)(H,56,67)/t29?,30-,31-,32?,33-/m0/s1. The number of rotatable bonds is 24. The Balaban J connectivity index is 6.42. The van der Waals surface area contributed by atoms with Crippen molar-refractivity contribution in [2.75, 3.05) is 7.05 Å². The zero-order valence-corrected chi connectivity index (χ0v) is 46.7. The van der Waals surface area contributed by atoms with E-state index >= 15 is 0 Å². The van der Waals surface area contributed by atoms with Crippen LogP contribution in [-0.2, 0) is 76.4 Å². The molecule has 418 valence electrons. The second-order valence-electron chi connectivity index (χ2n) is 23.4. The molecule has 0 aromatic rings. The molecular formula is C50H86N6O17. The lowest BCUT2D eigenvalue weighted by molar-refractivity contribution is -0.161. The molecule has 0 aliphatic rings. The third-order valence-corrected chi connectivity index (χ3v) is 8.80. The summed E-state index contributed by atoms with van der Waals surface area (Å²) < 4.78 is 32.6. The third-order valence-electron chi connectivity index (χ3n) is 8.80. The number of ether oxygens (including phenoxy) is 6. The van der Waals surface area contributed by atoms with Gasteiger partial charge in [0.15, 0.2) is 0 Å². The molecule has 0 aliphatic carbocycles. The summed E-state index contributed by atoms with van der Waals surface area (Å²) in [6.45, 7) is 29.0. The van der Waals surface area contributed by atoms with Gasteiger partial charge in [-0.3, -0.25) is 28.8 Å². The fourth-order valence-electron chi connectivity index (χ4n) is 5.99. The normalized spacial score (nSPS) is 14.2. The fourth-order valence-corrected chi connectivity index (χ4v) is 5.99. The van der Waals surface area contributed by atoms with Gasteiger partial charge in [0.25, 0.3) is 0 Å². The molecule has 6 N–H and O–H groups in total. The van der Waals surface area contributed by atoms with Crippen molar-refractivity contribution in [2.45, 2.75) is 246 Å². The quantitative estimate of drug-likeness (QED) is 0.0592. The lowest BCUT2D eigenvalue weighted by Gasteiger charge is -2.27. The lowest BCUT2D eigenvalue weighted by atomic mass is 10.1. The van der Waals surface area contributed by atoms with Crippen molar-refractivity contribution in [1.82, 2.24) is 31.9 Å². The van der Waals surface area contributed by atoms with E-state index in [4.69, 9.17) is 28.4 Å². The molecule has 0 aliphatic heterocycles. The van der Waals surface area contributed by atoms with E-state index in [0.717, 1.165) is 0 Å². The predicted octanol–water partition coefficient (Wildman–Crippen LogP) is 3.78. The van der Waals surface area contributed by atoms with Crippen LogP contribution in [0.25, 0.3) is 0 Å². The molecule has 0 spiro atoms. The van der Waals surface area contributed by atoms with Gasteiger partial charge in [-0.25, -0.2) is 24.0 Å². The smallest absolute Gasteiger partial charge is 0.408 e. The van der Waals surface area contributed by atoms with Crippen molar-refractivity contribution in [3.63, 3.8) is 0 Å². The Hall–Kier alpha value is -6.03. The molecule has 0 aromatic heterocycles. The SMILES string of the molecule is CNC(=O)C[C@H](NC(=O)OC(C)(C)C)C(=O)NC(CCC(=O)N[C@@H](CCC(=O)NC(CCC(=O)N[C@@H](CCC(=O)OC(C)(C)C)C(=O)OC(C)(C)C)C(=O)OC(C)(C)C)C(=O)OC(C)(C)C)C(=O)OC(C)(C)C. The molecule has 73 heavy (non-hydrogen) atoms. The van der Waals surface area contributed by atoms with Gasteiger partial charge in [0.05, 0.1) is 6.42 Å². The first-order chi connectivity index (χ1) is 32.9. The van der Waals surface area contributed by atoms with Crippen molar-refractivity contribution in [3.8, 4) is 0 Å². The van der Waals surface area contributed by atoms with E-state index in [1.807, 2.05) is 0 Å². The van der Waals surface area contributed by atoms with E-state index in [1.54, 1.807) is 125 Å². The van der Waals surface area contributed by atoms with E-state index in [0.29, 0.717) is 0 Å². The fraction of sp³-hybridized carbons (Fsp3) is 0.780. The van der Waals surface area contributed by atoms with Gasteiger partial charge in [0.2, 0.25) is 29.5 Å². The van der Waals surface area contributed by atoms with Gasteiger partial charge >= 0.3 is 35.9 Å². The molecular weight excluding hydrogens is 957 g/mol. The molecule has 0 aromatic carbocycles. The summed E-state index contributed by atoms with van der Waals surface area (Å²) in [6, 6.07) is -7.18. The first kappa shape index (κ1) is 67.0. The van der Waals surface area contributed by atoms with Crippen LogP contribution in [0.2, 0.25) is 0 Å². The summed E-state index contributed by atoms with van der Waals surface area (Å²) in [5.41, 5.74) is -5.80. The number of alkyl carbamates (subject to hydrolysis) is 1. The molecule has 0 heterocycles. The number of carbonyl (C=O) groups is 11. The summed E-state index contributed by atoms with van der Waals surface area (Å²) in [5.74, 6) is -8.13. The van der Waals surface area contributed by atoms with Crippen molar-refractivity contribution in [3.05, 3.63) is 0 Å². The zero-order valence-electron chi connectivity index (χ0n) is 46.7. The van der Waals surface area contributed by atoms with Crippen molar-refractivity contribution >= 4 is 65.5 Å². The molecule has 0 fully saturated rings. The summed E-state index contributed by atoms with van der Waals surface area (Å²) in [5, 5.41) is 14.7. The van der Waals surface area contributed by atoms with Crippen LogP contribution in [0, 0.1) is 0 Å². The van der Waals surface area contributed by atoms with Gasteiger partial charge in [-0.2, -0.15) is 0 Å². The summed E-state index contributed by atoms with van der Waals surface area (Å²) in [7, 11) is 1.32. The largest absolute Gasteiger partial charge is 0.460 e. The minimum Gasteiger partial charge on any atom is -0.460 e. The Bertz CT molecular complexity index is 1950. The van der Waals surface area contributed by atoms with Crippen LogP contribution in [0.5, 0.6) is 0 Å². The Kier molecular flexibility index (Phi) is 26.1. The predicted molar refractivity (Wildman–Crippen MR) is 266 cm³/mol. The molecule has 6 amide bonds. The zero-order chi connectivity index (χ0) is 57.1. The first-order valence-corrected chi connectivity index (χ1v) is 24.4. The lowest BCUT2D eigenvalue weighted by Crippen LogP contribution is -2.54. The van der Waals surface area contributed by atoms with Gasteiger partial charge < -0.3 is 60.3 Å². The van der Waals surface area contributed by atoms with Gasteiger partial charge in [-0.1, -0.05) is 0 Å². The minimum atomic E-state index is -1.53. The summed E-state index contributed by atoms with van der Waals surface area (Å²) in [6.07, 6.45) is -4.43. The van der Waals surface area contributed by atoms with Gasteiger partial charge in [-0.05, 0) is 150 Å². The van der Waals surface area contributed by atoms with Gasteiger partial charge in [0, 0.05) is 32.7 Å². The van der Waals surface area contributed by atoms with E-state index in [9.17, 15) is 52.7 Å². The molecule has 23 nitrogen and oxygen atoms in total. The van der Waals surface area contributed by atoms with Crippen LogP contribution in [0.3, 0.4) is 0 Å². The van der Waals surface area contributed by atoms with Crippen LogP contribution in [0.4, 0.5) is 4.79 Å². The van der Waals surface area contributed by atoms with Crippen LogP contribution in [-0.4, -0.2) is 136 Å². The number of carbonyl (C=O) groups excluding carboxylic acids is 11. The molecule has 0 rings (SSSR count). The Morgan fingerprint density at radius 1 is 0.329 bits per heavy atom. The number of nitrogens with one attached hydrogen (secondary N) is 6. The highest BCUT2D eigenvalue weighted by Crippen LogP contribution is 2.18. The Labute approximate surface area is 430 Å². The number of amides is 6. The molecule has 0 saturated carbocycles. The van der Waals surface area contributed by atoms with E-state index in [-0.39, 0.29) is 25.7 Å². The summed E-state index contributed by atoms with van der Waals surface area (Å²) in [4.78, 5) is 145. The number of esters is 5. The van der Waals surface area contributed by atoms with E-state index in [2.05, 4.69) is 31.9 Å². The second kappa shape index (κ2) is 28.4. The Morgan fingerprint density at radius 3 is 0.877 bits per heavy atom. The highest BCUT2D eigenvalue weighted by molar-refractivity contribution is 5.94. The molecule has 23 heteroatoms. The van der Waals surface area contributed by atoms with E-state index in [1.165, 1.54) is 7.05 Å². The van der Waals surface area contributed by atoms with Gasteiger partial charge in [0.1, 0.15) is 63.8 Å². The Morgan fingerprint density at radius 2 is 0.603 bits per heavy atom. The first-order valence-electron chi connectivity index (χ1n) is 24.4. The van der Waals surface area contributed by atoms with Crippen LogP contribution >= 0.6 is 0 Å². The second-order valence-corrected chi connectivity index (χ2v) is 23.4. The molecule has 2 unspecified atom stereocenters. The summed E-state index contributed by atoms with van der Waals surface area (Å²) >= 11 is 0. The monoisotopic (exact) mass is 1040 g/mol. The third kappa shape index (κ3) is 33.4. The van der Waals surface area contributed by atoms with Crippen molar-refractivity contribution < 1.29 is 81.2 Å². The van der Waals surface area contributed by atoms with E-state index < -0.39 is 161 Å². The average molecular weight is 1040 g/mol. The minimum absolute atomic E-state index is 0.159. The topological polar surface area (TPSA) is 315 Å². The molecule has 0 bridgehead atoms. The van der Waals surface area contributed by atoms with Crippen molar-refractivity contribution in [1.29, 1.82) is 0 Å². The van der Waals surface area contributed by atoms with Crippen LogP contribution in [0.15, 0.2) is 0 Å².